The van der Waals surface area contributed by atoms with Gasteiger partial charge in [-0.25, -0.2) is 4.98 Å². The number of aromatic nitrogens is 2. The summed E-state index contributed by atoms with van der Waals surface area (Å²) in [5.74, 6) is 0.593. The summed E-state index contributed by atoms with van der Waals surface area (Å²) in [6.07, 6.45) is 5.92. The third-order valence-electron chi connectivity index (χ3n) is 6.24. The molecule has 4 heterocycles. The zero-order valence-electron chi connectivity index (χ0n) is 17.9. The van der Waals surface area contributed by atoms with Crippen molar-refractivity contribution in [1.82, 2.24) is 20.3 Å². The van der Waals surface area contributed by atoms with Gasteiger partial charge in [0, 0.05) is 39.0 Å². The molecular weight excluding hydrogens is 426 g/mol. The monoisotopic (exact) mass is 453 g/mol. The number of hydrogen-bond acceptors (Lipinski definition) is 7. The molecule has 0 aliphatic carbocycles. The molecule has 168 valence electrons. The minimum absolute atomic E-state index is 0.245. The third kappa shape index (κ3) is 4.38. The van der Waals surface area contributed by atoms with Gasteiger partial charge in [-0.1, -0.05) is 24.3 Å². The van der Waals surface area contributed by atoms with Gasteiger partial charge in [-0.05, 0) is 29.8 Å². The Morgan fingerprint density at radius 1 is 1.09 bits per heavy atom. The molecule has 0 unspecified atom stereocenters. The molecule has 3 aliphatic heterocycles. The third-order valence-corrected chi connectivity index (χ3v) is 6.59. The minimum Gasteiger partial charge on any atom is -0.380 e. The van der Waals surface area contributed by atoms with E-state index in [9.17, 15) is 0 Å². The van der Waals surface area contributed by atoms with Crippen LogP contribution in [0, 0.1) is 0 Å². The molecule has 0 saturated carbocycles. The first kappa shape index (κ1) is 21.0. The van der Waals surface area contributed by atoms with E-state index >= 15 is 0 Å². The van der Waals surface area contributed by atoms with Gasteiger partial charge in [-0.3, -0.25) is 10.4 Å². The summed E-state index contributed by atoms with van der Waals surface area (Å²) in [7, 11) is 0. The van der Waals surface area contributed by atoms with Crippen molar-refractivity contribution in [3.05, 3.63) is 53.5 Å². The number of hydrogen-bond donors (Lipinski definition) is 2. The summed E-state index contributed by atoms with van der Waals surface area (Å²) in [5.41, 5.74) is 12.3. The highest BCUT2D eigenvalue weighted by Gasteiger charge is 2.40. The molecule has 0 amide bonds. The van der Waals surface area contributed by atoms with Crippen molar-refractivity contribution in [1.29, 1.82) is 0 Å². The largest absolute Gasteiger partial charge is 0.380 e. The topological polar surface area (TPSA) is 101 Å². The lowest BCUT2D eigenvalue weighted by molar-refractivity contribution is -0.169. The number of rotatable bonds is 3. The molecule has 3 aliphatic rings. The van der Waals surface area contributed by atoms with Crippen LogP contribution in [0.2, 0.25) is 0 Å². The number of hydrazone groups is 1. The number of amidine groups is 1. The van der Waals surface area contributed by atoms with Gasteiger partial charge in [0.25, 0.3) is 0 Å². The molecule has 1 aromatic heterocycles. The van der Waals surface area contributed by atoms with Gasteiger partial charge < -0.3 is 25.0 Å². The fraction of sp³-hybridized carbons (Fsp3) is 0.455. The highest BCUT2D eigenvalue weighted by Crippen LogP contribution is 2.32. The van der Waals surface area contributed by atoms with Gasteiger partial charge >= 0.3 is 0 Å². The van der Waals surface area contributed by atoms with Crippen LogP contribution >= 0.6 is 12.2 Å². The Hall–Kier alpha value is -2.82. The summed E-state index contributed by atoms with van der Waals surface area (Å²) in [6, 6.07) is 8.43. The van der Waals surface area contributed by atoms with Crippen molar-refractivity contribution in [2.24, 2.45) is 10.8 Å². The fourth-order valence-electron chi connectivity index (χ4n) is 4.40. The highest BCUT2D eigenvalue weighted by molar-refractivity contribution is 7.80. The van der Waals surface area contributed by atoms with Crippen LogP contribution in [0.4, 0.5) is 5.82 Å². The van der Waals surface area contributed by atoms with Gasteiger partial charge in [0.15, 0.2) is 16.7 Å². The predicted molar refractivity (Wildman–Crippen MR) is 125 cm³/mol. The number of anilines is 1. The van der Waals surface area contributed by atoms with Gasteiger partial charge in [0.05, 0.1) is 25.6 Å². The second-order valence-electron chi connectivity index (χ2n) is 8.21. The van der Waals surface area contributed by atoms with E-state index in [4.69, 9.17) is 27.4 Å². The number of nitrogens with zero attached hydrogens (tertiary/aromatic N) is 5. The van der Waals surface area contributed by atoms with Crippen LogP contribution in [-0.4, -0.2) is 64.5 Å². The molecule has 2 fully saturated rings. The Bertz CT molecular complexity index is 1010. The molecule has 1 aromatic carbocycles. The Labute approximate surface area is 192 Å². The van der Waals surface area contributed by atoms with Crippen LogP contribution in [0.5, 0.6) is 0 Å². The van der Waals surface area contributed by atoms with Crippen LogP contribution < -0.4 is 16.1 Å². The molecular formula is C22H27N7O2S. The summed E-state index contributed by atoms with van der Waals surface area (Å²) in [6.45, 7) is 4.51. The number of nitrogens with two attached hydrogens (primary N) is 1. The number of benzene rings is 1. The maximum Gasteiger partial charge on any atom is 0.189 e. The van der Waals surface area contributed by atoms with E-state index in [1.807, 2.05) is 0 Å². The van der Waals surface area contributed by atoms with Gasteiger partial charge in [-0.15, -0.1) is 0 Å². The molecule has 10 heteroatoms. The van der Waals surface area contributed by atoms with Crippen molar-refractivity contribution in [2.45, 2.75) is 31.6 Å². The van der Waals surface area contributed by atoms with Crippen LogP contribution in [0.15, 0.2) is 41.8 Å². The maximum absolute atomic E-state index is 6.19. The zero-order valence-corrected chi connectivity index (χ0v) is 18.7. The molecule has 32 heavy (non-hydrogen) atoms. The molecule has 5 rings (SSSR count). The minimum atomic E-state index is -0.420. The summed E-state index contributed by atoms with van der Waals surface area (Å²) >= 11 is 5.53. The SMILES string of the molecule is N/C(=N/NC(=S)N1CCc2ccccc2C1)c1cncc(N2CCC3(CC2)OCCO3)n1. The van der Waals surface area contributed by atoms with E-state index < -0.39 is 5.79 Å². The Morgan fingerprint density at radius 3 is 2.62 bits per heavy atom. The Kier molecular flexibility index (Phi) is 5.90. The number of fused-ring (bicyclic) bond motifs is 1. The number of thiocarbonyl (C=S) groups is 1. The highest BCUT2D eigenvalue weighted by atomic mass is 32.1. The average Bonchev–Trinajstić information content (AvgIpc) is 3.30. The first-order chi connectivity index (χ1) is 15.6. The van der Waals surface area contributed by atoms with Crippen LogP contribution in [-0.2, 0) is 22.4 Å². The van der Waals surface area contributed by atoms with Crippen LogP contribution in [0.1, 0.15) is 29.7 Å². The lowest BCUT2D eigenvalue weighted by Gasteiger charge is -2.38. The van der Waals surface area contributed by atoms with E-state index in [2.05, 4.69) is 54.6 Å². The van der Waals surface area contributed by atoms with Gasteiger partial charge in [0.1, 0.15) is 11.5 Å². The second-order valence-corrected chi connectivity index (χ2v) is 8.60. The van der Waals surface area contributed by atoms with Crippen LogP contribution in [0.3, 0.4) is 0 Å². The first-order valence-corrected chi connectivity index (χ1v) is 11.3. The molecule has 2 aromatic rings. The molecule has 1 spiro atoms. The van der Waals surface area contributed by atoms with E-state index in [0.29, 0.717) is 24.0 Å². The van der Waals surface area contributed by atoms with Crippen molar-refractivity contribution in [3.63, 3.8) is 0 Å². The number of piperidine rings is 1. The summed E-state index contributed by atoms with van der Waals surface area (Å²) in [4.78, 5) is 13.2. The van der Waals surface area contributed by atoms with Crippen LogP contribution in [0.25, 0.3) is 0 Å². The predicted octanol–water partition coefficient (Wildman–Crippen LogP) is 1.37. The van der Waals surface area contributed by atoms with Crippen molar-refractivity contribution >= 4 is 29.0 Å². The van der Waals surface area contributed by atoms with Crippen molar-refractivity contribution in [3.8, 4) is 0 Å². The Morgan fingerprint density at radius 2 is 1.84 bits per heavy atom. The Balaban J connectivity index is 1.20. The van der Waals surface area contributed by atoms with E-state index in [1.165, 1.54) is 11.1 Å². The maximum atomic E-state index is 6.19. The molecule has 2 saturated heterocycles. The molecule has 0 atom stereocenters. The quantitative estimate of drug-likeness (QED) is 0.309. The number of ether oxygens (including phenoxy) is 2. The van der Waals surface area contributed by atoms with Crippen molar-refractivity contribution < 1.29 is 9.47 Å². The second kappa shape index (κ2) is 8.97. The fourth-order valence-corrected chi connectivity index (χ4v) is 4.60. The van der Waals surface area contributed by atoms with Gasteiger partial charge in [-0.2, -0.15) is 5.10 Å². The van der Waals surface area contributed by atoms with E-state index in [1.54, 1.807) is 12.4 Å². The molecule has 0 radical (unpaired) electrons. The standard InChI is InChI=1S/C22H27N7O2S/c23-20(26-27-21(32)29-8-5-16-3-1-2-4-17(16)15-29)18-13-24-14-19(25-18)28-9-6-22(7-10-28)30-11-12-31-22/h1-4,13-14H,5-12,15H2,(H2,23,26)(H,27,32). The smallest absolute Gasteiger partial charge is 0.189 e. The van der Waals surface area contributed by atoms with E-state index in [-0.39, 0.29) is 5.84 Å². The summed E-state index contributed by atoms with van der Waals surface area (Å²) in [5, 5.41) is 4.82. The number of nitrogens with one attached hydrogen (secondary N) is 1. The molecule has 9 nitrogen and oxygen atoms in total. The normalized spacial score (nSPS) is 20.3. The lowest BCUT2D eigenvalue weighted by atomic mass is 10.0. The average molecular weight is 454 g/mol. The first-order valence-electron chi connectivity index (χ1n) is 10.9. The van der Waals surface area contributed by atoms with Crippen molar-refractivity contribution in [2.75, 3.05) is 37.7 Å². The lowest BCUT2D eigenvalue weighted by Crippen LogP contribution is -2.45. The molecule has 0 bridgehead atoms. The van der Waals surface area contributed by atoms with E-state index in [0.717, 1.165) is 51.3 Å². The van der Waals surface area contributed by atoms with Gasteiger partial charge in [0.2, 0.25) is 0 Å². The molecule has 3 N–H and O–H groups in total. The zero-order chi connectivity index (χ0) is 22.0. The summed E-state index contributed by atoms with van der Waals surface area (Å²) < 4.78 is 11.6.